The van der Waals surface area contributed by atoms with Crippen molar-refractivity contribution in [1.82, 2.24) is 0 Å². The third kappa shape index (κ3) is 3.03. The minimum Gasteiger partial charge on any atom is -0.487 e. The van der Waals surface area contributed by atoms with Gasteiger partial charge in [-0.15, -0.1) is 0 Å². The zero-order valence-electron chi connectivity index (χ0n) is 9.98. The summed E-state index contributed by atoms with van der Waals surface area (Å²) in [6, 6.07) is 7.80. The van der Waals surface area contributed by atoms with Gasteiger partial charge in [0.2, 0.25) is 0 Å². The number of ether oxygens (including phenoxy) is 1. The van der Waals surface area contributed by atoms with Crippen LogP contribution in [0.3, 0.4) is 0 Å². The van der Waals surface area contributed by atoms with E-state index in [1.54, 1.807) is 22.6 Å². The Kier molecular flexibility index (Phi) is 4.48. The topological polar surface area (TPSA) is 52.4 Å². The van der Waals surface area contributed by atoms with E-state index >= 15 is 0 Å². The smallest absolute Gasteiger partial charge is 0.286 e. The van der Waals surface area contributed by atoms with Crippen LogP contribution in [-0.4, -0.2) is 4.92 Å². The molecule has 0 heterocycles. The first-order chi connectivity index (χ1) is 9.50. The van der Waals surface area contributed by atoms with Crippen molar-refractivity contribution < 1.29 is 18.4 Å². The summed E-state index contributed by atoms with van der Waals surface area (Å²) in [6.45, 7) is -0.338. The Labute approximate surface area is 126 Å². The highest BCUT2D eigenvalue weighted by Gasteiger charge is 2.17. The van der Waals surface area contributed by atoms with Gasteiger partial charge in [0.05, 0.1) is 10.5 Å². The lowest BCUT2D eigenvalue weighted by molar-refractivity contribution is -0.385. The molecular weight excluding hydrogens is 383 g/mol. The third-order valence-corrected chi connectivity index (χ3v) is 3.66. The van der Waals surface area contributed by atoms with E-state index in [-0.39, 0.29) is 27.2 Å². The van der Waals surface area contributed by atoms with Crippen molar-refractivity contribution in [3.05, 3.63) is 67.3 Å². The highest BCUT2D eigenvalue weighted by molar-refractivity contribution is 14.1. The minimum atomic E-state index is -0.717. The van der Waals surface area contributed by atoms with Crippen molar-refractivity contribution in [2.24, 2.45) is 0 Å². The first-order valence-corrected chi connectivity index (χ1v) is 6.57. The van der Waals surface area contributed by atoms with Crippen molar-refractivity contribution in [2.75, 3.05) is 0 Å². The van der Waals surface area contributed by atoms with Crippen molar-refractivity contribution in [2.45, 2.75) is 6.61 Å². The lowest BCUT2D eigenvalue weighted by Crippen LogP contribution is -2.03. The van der Waals surface area contributed by atoms with E-state index in [0.717, 1.165) is 12.1 Å². The number of halogens is 3. The fraction of sp³-hybridized carbons (Fsp3) is 0.0769. The van der Waals surface area contributed by atoms with Crippen molar-refractivity contribution in [3.63, 3.8) is 0 Å². The molecule has 0 atom stereocenters. The standard InChI is InChI=1S/C13H8F2INO3/c14-9-3-1-4-10(15)8(9)7-20-12-6-2-5-11(13(12)16)17(18)19/h1-6H,7H2. The number of nitro groups is 1. The van der Waals surface area contributed by atoms with Crippen LogP contribution in [-0.2, 0) is 6.61 Å². The summed E-state index contributed by atoms with van der Waals surface area (Å²) in [4.78, 5) is 10.2. The Morgan fingerprint density at radius 2 is 1.75 bits per heavy atom. The van der Waals surface area contributed by atoms with E-state index in [2.05, 4.69) is 0 Å². The lowest BCUT2D eigenvalue weighted by atomic mass is 10.2. The molecule has 4 nitrogen and oxygen atoms in total. The van der Waals surface area contributed by atoms with E-state index in [1.165, 1.54) is 24.3 Å². The molecule has 0 spiro atoms. The number of benzene rings is 2. The molecule has 0 unspecified atom stereocenters. The Bertz CT molecular complexity index is 644. The summed E-state index contributed by atoms with van der Waals surface area (Å²) < 4.78 is 32.4. The van der Waals surface area contributed by atoms with Gasteiger partial charge in [-0.3, -0.25) is 10.1 Å². The molecule has 0 saturated heterocycles. The molecule has 2 aromatic rings. The second kappa shape index (κ2) is 6.12. The average molecular weight is 391 g/mol. The molecule has 0 aliphatic heterocycles. The zero-order chi connectivity index (χ0) is 14.7. The number of hydrogen-bond acceptors (Lipinski definition) is 3. The van der Waals surface area contributed by atoms with Gasteiger partial charge in [0.25, 0.3) is 5.69 Å². The van der Waals surface area contributed by atoms with E-state index in [9.17, 15) is 18.9 Å². The molecular formula is C13H8F2INO3. The largest absolute Gasteiger partial charge is 0.487 e. The van der Waals surface area contributed by atoms with Crippen LogP contribution in [0.2, 0.25) is 0 Å². The maximum Gasteiger partial charge on any atom is 0.286 e. The molecule has 2 aromatic carbocycles. The number of hydrogen-bond donors (Lipinski definition) is 0. The van der Waals surface area contributed by atoms with Crippen LogP contribution < -0.4 is 4.74 Å². The normalized spacial score (nSPS) is 10.3. The van der Waals surface area contributed by atoms with E-state index in [0.29, 0.717) is 0 Å². The maximum atomic E-state index is 13.4. The van der Waals surface area contributed by atoms with Crippen molar-refractivity contribution in [1.29, 1.82) is 0 Å². The highest BCUT2D eigenvalue weighted by atomic mass is 127. The van der Waals surface area contributed by atoms with Gasteiger partial charge in [0.15, 0.2) is 0 Å². The fourth-order valence-electron chi connectivity index (χ4n) is 1.57. The molecule has 0 fully saturated rings. The van der Waals surface area contributed by atoms with Crippen LogP contribution in [0.25, 0.3) is 0 Å². The van der Waals surface area contributed by atoms with Crippen LogP contribution >= 0.6 is 22.6 Å². The van der Waals surface area contributed by atoms with Gasteiger partial charge in [-0.25, -0.2) is 8.78 Å². The Hall–Kier alpha value is -1.77. The van der Waals surface area contributed by atoms with Crippen LogP contribution in [0.5, 0.6) is 5.75 Å². The van der Waals surface area contributed by atoms with Gasteiger partial charge < -0.3 is 4.74 Å². The third-order valence-electron chi connectivity index (χ3n) is 2.57. The summed E-state index contributed by atoms with van der Waals surface area (Å²) in [5.41, 5.74) is -0.327. The van der Waals surface area contributed by atoms with Gasteiger partial charge in [0.1, 0.15) is 27.6 Å². The average Bonchev–Trinajstić information content (AvgIpc) is 2.39. The molecule has 104 valence electrons. The van der Waals surface area contributed by atoms with Crippen LogP contribution in [0.4, 0.5) is 14.5 Å². The van der Waals surface area contributed by atoms with Crippen molar-refractivity contribution >= 4 is 28.3 Å². The van der Waals surface area contributed by atoms with Gasteiger partial charge >= 0.3 is 0 Å². The zero-order valence-corrected chi connectivity index (χ0v) is 12.1. The molecule has 7 heteroatoms. The summed E-state index contributed by atoms with van der Waals surface area (Å²) in [5, 5.41) is 10.8. The lowest BCUT2D eigenvalue weighted by Gasteiger charge is -2.09. The molecule has 0 amide bonds. The van der Waals surface area contributed by atoms with Crippen molar-refractivity contribution in [3.8, 4) is 5.75 Å². The first-order valence-electron chi connectivity index (χ1n) is 5.49. The van der Waals surface area contributed by atoms with Crippen LogP contribution in [0.15, 0.2) is 36.4 Å². The molecule has 0 aromatic heterocycles. The number of rotatable bonds is 4. The summed E-state index contributed by atoms with van der Waals surface area (Å²) in [5.74, 6) is -1.22. The predicted octanol–water partition coefficient (Wildman–Crippen LogP) is 4.06. The number of nitrogens with zero attached hydrogens (tertiary/aromatic N) is 1. The van der Waals surface area contributed by atoms with Gasteiger partial charge in [-0.1, -0.05) is 12.1 Å². The first kappa shape index (κ1) is 14.6. The van der Waals surface area contributed by atoms with E-state index in [1.807, 2.05) is 0 Å². The van der Waals surface area contributed by atoms with Gasteiger partial charge in [-0.2, -0.15) is 0 Å². The summed E-state index contributed by atoms with van der Waals surface area (Å²) in [6.07, 6.45) is 0. The molecule has 0 aliphatic carbocycles. The second-order valence-electron chi connectivity index (χ2n) is 3.84. The van der Waals surface area contributed by atoms with E-state index in [4.69, 9.17) is 4.74 Å². The van der Waals surface area contributed by atoms with Gasteiger partial charge in [-0.05, 0) is 40.8 Å². The van der Waals surface area contributed by atoms with Crippen LogP contribution in [0.1, 0.15) is 5.56 Å². The quantitative estimate of drug-likeness (QED) is 0.449. The van der Waals surface area contributed by atoms with E-state index < -0.39 is 16.6 Å². The predicted molar refractivity (Wildman–Crippen MR) is 76.5 cm³/mol. The van der Waals surface area contributed by atoms with Gasteiger partial charge in [0, 0.05) is 6.07 Å². The molecule has 20 heavy (non-hydrogen) atoms. The molecule has 0 saturated carbocycles. The molecule has 2 rings (SSSR count). The highest BCUT2D eigenvalue weighted by Crippen LogP contribution is 2.30. The van der Waals surface area contributed by atoms with Crippen LogP contribution in [0, 0.1) is 25.3 Å². The summed E-state index contributed by atoms with van der Waals surface area (Å²) >= 11 is 1.76. The molecule has 0 radical (unpaired) electrons. The Morgan fingerprint density at radius 3 is 2.35 bits per heavy atom. The fourth-order valence-corrected chi connectivity index (χ4v) is 2.28. The maximum absolute atomic E-state index is 13.4. The monoisotopic (exact) mass is 391 g/mol. The molecule has 0 aliphatic rings. The minimum absolute atomic E-state index is 0.114. The molecule has 0 N–H and O–H groups in total. The Morgan fingerprint density at radius 1 is 1.15 bits per heavy atom. The summed E-state index contributed by atoms with van der Waals surface area (Å²) in [7, 11) is 0. The SMILES string of the molecule is O=[N+]([O-])c1cccc(OCc2c(F)cccc2F)c1I. The number of nitro benzene ring substituents is 1. The molecule has 0 bridgehead atoms. The Balaban J connectivity index is 2.24. The second-order valence-corrected chi connectivity index (χ2v) is 4.91.